The maximum atomic E-state index is 6.42. The first-order valence-electron chi connectivity index (χ1n) is 6.99. The SMILES string of the molecule is CCC(CC)C(Cl)CNCc1cc(C)ccc1C. The molecule has 0 radical (unpaired) electrons. The number of nitrogens with one attached hydrogen (secondary N) is 1. The molecule has 1 N–H and O–H groups in total. The Kier molecular flexibility index (Phi) is 6.73. The lowest BCUT2D eigenvalue weighted by atomic mass is 9.99. The minimum absolute atomic E-state index is 0.241. The Labute approximate surface area is 117 Å². The molecule has 1 unspecified atom stereocenters. The van der Waals surface area contributed by atoms with Crippen LogP contribution in [0.2, 0.25) is 0 Å². The summed E-state index contributed by atoms with van der Waals surface area (Å²) in [6.45, 7) is 10.5. The van der Waals surface area contributed by atoms with Crippen molar-refractivity contribution in [2.45, 2.75) is 52.5 Å². The van der Waals surface area contributed by atoms with Crippen molar-refractivity contribution in [1.82, 2.24) is 5.32 Å². The van der Waals surface area contributed by atoms with Gasteiger partial charge in [-0.05, 0) is 30.9 Å². The van der Waals surface area contributed by atoms with Gasteiger partial charge >= 0.3 is 0 Å². The predicted octanol–water partition coefficient (Wildman–Crippen LogP) is 4.44. The summed E-state index contributed by atoms with van der Waals surface area (Å²) in [6, 6.07) is 6.60. The summed E-state index contributed by atoms with van der Waals surface area (Å²) in [6.07, 6.45) is 2.33. The zero-order valence-corrected chi connectivity index (χ0v) is 12.8. The van der Waals surface area contributed by atoms with E-state index >= 15 is 0 Å². The van der Waals surface area contributed by atoms with Crippen LogP contribution < -0.4 is 5.32 Å². The first kappa shape index (κ1) is 15.5. The van der Waals surface area contributed by atoms with Crippen molar-refractivity contribution in [2.24, 2.45) is 5.92 Å². The average molecular weight is 268 g/mol. The summed E-state index contributed by atoms with van der Waals surface area (Å²) in [7, 11) is 0. The van der Waals surface area contributed by atoms with Gasteiger partial charge in [-0.25, -0.2) is 0 Å². The summed E-state index contributed by atoms with van der Waals surface area (Å²) >= 11 is 6.42. The molecule has 0 bridgehead atoms. The van der Waals surface area contributed by atoms with Crippen LogP contribution in [-0.4, -0.2) is 11.9 Å². The summed E-state index contributed by atoms with van der Waals surface area (Å²) in [5.41, 5.74) is 4.05. The van der Waals surface area contributed by atoms with Crippen LogP contribution in [0.5, 0.6) is 0 Å². The highest BCUT2D eigenvalue weighted by atomic mass is 35.5. The highest BCUT2D eigenvalue weighted by Crippen LogP contribution is 2.18. The molecule has 0 amide bonds. The molecule has 0 saturated carbocycles. The van der Waals surface area contributed by atoms with Gasteiger partial charge in [0.1, 0.15) is 0 Å². The first-order valence-corrected chi connectivity index (χ1v) is 7.43. The minimum atomic E-state index is 0.241. The molecule has 0 spiro atoms. The molecule has 0 aliphatic rings. The molecule has 0 fully saturated rings. The van der Waals surface area contributed by atoms with E-state index in [1.165, 1.54) is 16.7 Å². The lowest BCUT2D eigenvalue weighted by molar-refractivity contribution is 0.446. The summed E-state index contributed by atoms with van der Waals surface area (Å²) in [5.74, 6) is 0.623. The summed E-state index contributed by atoms with van der Waals surface area (Å²) < 4.78 is 0. The van der Waals surface area contributed by atoms with E-state index in [0.29, 0.717) is 5.92 Å². The molecular weight excluding hydrogens is 242 g/mol. The van der Waals surface area contributed by atoms with Gasteiger partial charge in [0, 0.05) is 18.5 Å². The maximum Gasteiger partial charge on any atom is 0.0488 e. The molecule has 0 aliphatic heterocycles. The van der Waals surface area contributed by atoms with Crippen LogP contribution in [0.25, 0.3) is 0 Å². The minimum Gasteiger partial charge on any atom is -0.311 e. The van der Waals surface area contributed by atoms with E-state index in [1.807, 2.05) is 0 Å². The molecule has 0 heterocycles. The van der Waals surface area contributed by atoms with Crippen LogP contribution in [0.3, 0.4) is 0 Å². The van der Waals surface area contributed by atoms with Crippen LogP contribution in [0.15, 0.2) is 18.2 Å². The lowest BCUT2D eigenvalue weighted by Crippen LogP contribution is -2.28. The van der Waals surface area contributed by atoms with Crippen molar-refractivity contribution in [1.29, 1.82) is 0 Å². The molecule has 1 atom stereocenters. The first-order chi connectivity index (χ1) is 8.58. The van der Waals surface area contributed by atoms with E-state index in [2.05, 4.69) is 51.2 Å². The van der Waals surface area contributed by atoms with Gasteiger partial charge in [0.15, 0.2) is 0 Å². The maximum absolute atomic E-state index is 6.42. The van der Waals surface area contributed by atoms with Gasteiger partial charge in [-0.2, -0.15) is 0 Å². The predicted molar refractivity (Wildman–Crippen MR) is 81.3 cm³/mol. The monoisotopic (exact) mass is 267 g/mol. The van der Waals surface area contributed by atoms with Crippen molar-refractivity contribution in [3.63, 3.8) is 0 Å². The molecule has 0 saturated heterocycles. The normalized spacial score (nSPS) is 13.0. The zero-order chi connectivity index (χ0) is 13.5. The van der Waals surface area contributed by atoms with Gasteiger partial charge < -0.3 is 5.32 Å². The van der Waals surface area contributed by atoms with Crippen molar-refractivity contribution in [3.05, 3.63) is 34.9 Å². The second-order valence-electron chi connectivity index (χ2n) is 5.15. The molecule has 1 nitrogen and oxygen atoms in total. The highest BCUT2D eigenvalue weighted by molar-refractivity contribution is 6.21. The number of halogens is 1. The van der Waals surface area contributed by atoms with Crippen LogP contribution in [0.1, 0.15) is 43.4 Å². The molecule has 1 rings (SSSR count). The number of alkyl halides is 1. The Morgan fingerprint density at radius 3 is 2.44 bits per heavy atom. The lowest BCUT2D eigenvalue weighted by Gasteiger charge is -2.20. The summed E-state index contributed by atoms with van der Waals surface area (Å²) in [4.78, 5) is 0. The molecule has 18 heavy (non-hydrogen) atoms. The molecule has 2 heteroatoms. The van der Waals surface area contributed by atoms with Crippen molar-refractivity contribution >= 4 is 11.6 Å². The number of benzene rings is 1. The molecular formula is C16H26ClN. The Hall–Kier alpha value is -0.530. The second-order valence-corrected chi connectivity index (χ2v) is 5.71. The van der Waals surface area contributed by atoms with Crippen LogP contribution in [0, 0.1) is 19.8 Å². The molecule has 0 aromatic heterocycles. The van der Waals surface area contributed by atoms with Crippen LogP contribution in [0.4, 0.5) is 0 Å². The smallest absolute Gasteiger partial charge is 0.0488 e. The third-order valence-electron chi connectivity index (χ3n) is 3.72. The fraction of sp³-hybridized carbons (Fsp3) is 0.625. The number of rotatable bonds is 7. The van der Waals surface area contributed by atoms with E-state index in [4.69, 9.17) is 11.6 Å². The van der Waals surface area contributed by atoms with Crippen molar-refractivity contribution in [3.8, 4) is 0 Å². The van der Waals surface area contributed by atoms with Crippen molar-refractivity contribution in [2.75, 3.05) is 6.54 Å². The van der Waals surface area contributed by atoms with Crippen LogP contribution in [-0.2, 0) is 6.54 Å². The second kappa shape index (κ2) is 7.81. The van der Waals surface area contributed by atoms with Crippen molar-refractivity contribution < 1.29 is 0 Å². The third kappa shape index (κ3) is 4.62. The van der Waals surface area contributed by atoms with E-state index < -0.39 is 0 Å². The molecule has 1 aromatic rings. The van der Waals surface area contributed by atoms with E-state index in [0.717, 1.165) is 25.9 Å². The average Bonchev–Trinajstić information content (AvgIpc) is 2.35. The van der Waals surface area contributed by atoms with Gasteiger partial charge in [0.05, 0.1) is 0 Å². The summed E-state index contributed by atoms with van der Waals surface area (Å²) in [5, 5.41) is 3.73. The Morgan fingerprint density at radius 1 is 1.17 bits per heavy atom. The Bertz CT molecular complexity index is 358. The third-order valence-corrected chi connectivity index (χ3v) is 4.23. The van der Waals surface area contributed by atoms with Gasteiger partial charge in [-0.1, -0.05) is 50.5 Å². The molecule has 1 aromatic carbocycles. The zero-order valence-electron chi connectivity index (χ0n) is 12.1. The van der Waals surface area contributed by atoms with Gasteiger partial charge in [-0.3, -0.25) is 0 Å². The van der Waals surface area contributed by atoms with Crippen LogP contribution >= 0.6 is 11.6 Å². The largest absolute Gasteiger partial charge is 0.311 e. The van der Waals surface area contributed by atoms with Gasteiger partial charge in [0.2, 0.25) is 0 Å². The van der Waals surface area contributed by atoms with Gasteiger partial charge in [0.25, 0.3) is 0 Å². The molecule has 102 valence electrons. The number of hydrogen-bond acceptors (Lipinski definition) is 1. The fourth-order valence-corrected chi connectivity index (χ4v) is 2.77. The van der Waals surface area contributed by atoms with E-state index in [9.17, 15) is 0 Å². The molecule has 0 aliphatic carbocycles. The number of aryl methyl sites for hydroxylation is 2. The van der Waals surface area contributed by atoms with E-state index in [1.54, 1.807) is 0 Å². The number of hydrogen-bond donors (Lipinski definition) is 1. The quantitative estimate of drug-likeness (QED) is 0.721. The standard InChI is InChI=1S/C16H26ClN/c1-5-14(6-2)16(17)11-18-10-15-9-12(3)7-8-13(15)4/h7-9,14,16,18H,5-6,10-11H2,1-4H3. The van der Waals surface area contributed by atoms with E-state index in [-0.39, 0.29) is 5.38 Å². The Morgan fingerprint density at radius 2 is 1.83 bits per heavy atom. The van der Waals surface area contributed by atoms with Gasteiger partial charge in [-0.15, -0.1) is 11.6 Å². The Balaban J connectivity index is 2.44. The topological polar surface area (TPSA) is 12.0 Å². The highest BCUT2D eigenvalue weighted by Gasteiger charge is 2.14. The fourth-order valence-electron chi connectivity index (χ4n) is 2.30.